The van der Waals surface area contributed by atoms with Gasteiger partial charge >= 0.3 is 12.1 Å². The molecule has 2 aromatic rings. The summed E-state index contributed by atoms with van der Waals surface area (Å²) < 4.78 is 37.0. The number of amides is 1. The van der Waals surface area contributed by atoms with Gasteiger partial charge in [0.1, 0.15) is 0 Å². The first-order chi connectivity index (χ1) is 12.6. The van der Waals surface area contributed by atoms with Crippen molar-refractivity contribution in [2.75, 3.05) is 5.32 Å². The fourth-order valence-electron chi connectivity index (χ4n) is 2.44. The third-order valence-electron chi connectivity index (χ3n) is 3.97. The number of benzene rings is 1. The topological polar surface area (TPSA) is 118 Å². The number of halogens is 3. The predicted molar refractivity (Wildman–Crippen MR) is 89.6 cm³/mol. The number of carboxylic acids is 1. The molecule has 1 fully saturated rings. The van der Waals surface area contributed by atoms with Crippen LogP contribution in [0, 0.1) is 0 Å². The van der Waals surface area contributed by atoms with Gasteiger partial charge < -0.3 is 20.6 Å². The van der Waals surface area contributed by atoms with Crippen LogP contribution in [0.2, 0.25) is 0 Å². The van der Waals surface area contributed by atoms with Crippen LogP contribution >= 0.6 is 0 Å². The van der Waals surface area contributed by atoms with Crippen LogP contribution < -0.4 is 11.1 Å². The molecule has 0 spiro atoms. The van der Waals surface area contributed by atoms with Crippen LogP contribution in [0.25, 0.3) is 11.3 Å². The van der Waals surface area contributed by atoms with E-state index in [0.717, 1.165) is 30.5 Å². The minimum Gasteiger partial charge on any atom is -0.475 e. The highest BCUT2D eigenvalue weighted by Gasteiger charge is 2.38. The molecule has 0 unspecified atom stereocenters. The predicted octanol–water partition coefficient (Wildman–Crippen LogP) is 3.18. The number of nitrogens with zero attached hydrogens (tertiary/aromatic N) is 1. The fraction of sp³-hybridized carbons (Fsp3) is 0.353. The summed E-state index contributed by atoms with van der Waals surface area (Å²) in [6.07, 6.45) is 1.29. The molecule has 1 aliphatic rings. The number of carboxylic acid groups (broad SMARTS) is 1. The molecule has 0 aliphatic heterocycles. The van der Waals surface area contributed by atoms with Crippen LogP contribution in [0.3, 0.4) is 0 Å². The summed E-state index contributed by atoms with van der Waals surface area (Å²) in [4.78, 5) is 24.8. The number of nitrogens with two attached hydrogens (primary N) is 1. The second-order valence-electron chi connectivity index (χ2n) is 6.19. The van der Waals surface area contributed by atoms with Gasteiger partial charge in [-0.15, -0.1) is 0 Å². The Labute approximate surface area is 152 Å². The monoisotopic (exact) mass is 385 g/mol. The number of alkyl halides is 3. The number of oxazole rings is 1. The van der Waals surface area contributed by atoms with Gasteiger partial charge in [0.05, 0.1) is 6.20 Å². The Bertz CT molecular complexity index is 787. The smallest absolute Gasteiger partial charge is 0.475 e. The summed E-state index contributed by atoms with van der Waals surface area (Å²) in [5.74, 6) is -2.12. The number of aromatic nitrogens is 1. The van der Waals surface area contributed by atoms with E-state index in [4.69, 9.17) is 20.1 Å². The number of nitrogens with one attached hydrogen (secondary N) is 1. The molecule has 27 heavy (non-hydrogen) atoms. The van der Waals surface area contributed by atoms with Crippen molar-refractivity contribution in [2.45, 2.75) is 37.4 Å². The molecule has 1 heterocycles. The van der Waals surface area contributed by atoms with Crippen molar-refractivity contribution in [3.8, 4) is 11.3 Å². The van der Waals surface area contributed by atoms with Gasteiger partial charge in [0.15, 0.2) is 12.2 Å². The second-order valence-corrected chi connectivity index (χ2v) is 6.19. The van der Waals surface area contributed by atoms with E-state index in [0.29, 0.717) is 12.2 Å². The van der Waals surface area contributed by atoms with E-state index in [1.54, 1.807) is 6.20 Å². The average Bonchev–Trinajstić information content (AvgIpc) is 3.07. The number of aliphatic carboxylic acids is 1. The van der Waals surface area contributed by atoms with Crippen LogP contribution in [0.15, 0.2) is 41.3 Å². The highest BCUT2D eigenvalue weighted by molar-refractivity contribution is 5.92. The van der Waals surface area contributed by atoms with Gasteiger partial charge in [-0.3, -0.25) is 4.79 Å². The van der Waals surface area contributed by atoms with Crippen LogP contribution in [0.4, 0.5) is 18.9 Å². The Hall–Kier alpha value is -2.88. The van der Waals surface area contributed by atoms with E-state index in [-0.39, 0.29) is 11.4 Å². The standard InChI is InChI=1S/C15H17N3O2.C2HF3O2/c16-15(5-2-6-15)8-14(19)18-12-4-1-3-11(7-12)13-9-17-10-20-13;3-2(4,5)1(6)7/h1,3-4,7,9-10H,2,5-6,8,16H2,(H,18,19);(H,6,7). The van der Waals surface area contributed by atoms with Crippen molar-refractivity contribution in [3.05, 3.63) is 36.9 Å². The minimum absolute atomic E-state index is 0.0399. The lowest BCUT2D eigenvalue weighted by atomic mass is 9.75. The van der Waals surface area contributed by atoms with Crippen LogP contribution in [-0.2, 0) is 9.59 Å². The molecule has 146 valence electrons. The van der Waals surface area contributed by atoms with Crippen molar-refractivity contribution >= 4 is 17.6 Å². The van der Waals surface area contributed by atoms with Crippen LogP contribution in [-0.4, -0.2) is 33.7 Å². The lowest BCUT2D eigenvalue weighted by Gasteiger charge is -2.37. The maximum Gasteiger partial charge on any atom is 0.490 e. The van der Waals surface area contributed by atoms with Crippen LogP contribution in [0.5, 0.6) is 0 Å². The molecule has 10 heteroatoms. The summed E-state index contributed by atoms with van der Waals surface area (Å²) in [5, 5.41) is 10.0. The molecule has 1 saturated carbocycles. The van der Waals surface area contributed by atoms with Crippen LogP contribution in [0.1, 0.15) is 25.7 Å². The molecular formula is C17H18F3N3O4. The zero-order valence-corrected chi connectivity index (χ0v) is 14.1. The van der Waals surface area contributed by atoms with Gasteiger partial charge in [0.25, 0.3) is 0 Å². The second kappa shape index (κ2) is 8.21. The first-order valence-electron chi connectivity index (χ1n) is 7.97. The van der Waals surface area contributed by atoms with E-state index in [2.05, 4.69) is 10.3 Å². The maximum atomic E-state index is 12.0. The van der Waals surface area contributed by atoms with Crippen molar-refractivity contribution in [3.63, 3.8) is 0 Å². The molecule has 1 aromatic carbocycles. The molecule has 0 saturated heterocycles. The molecule has 1 amide bonds. The van der Waals surface area contributed by atoms with Gasteiger partial charge in [0, 0.05) is 23.2 Å². The quantitative estimate of drug-likeness (QED) is 0.744. The SMILES string of the molecule is NC1(CC(=O)Nc2cccc(-c3cnco3)c2)CCC1.O=C(O)C(F)(F)F. The fourth-order valence-corrected chi connectivity index (χ4v) is 2.44. The Morgan fingerprint density at radius 2 is 2.00 bits per heavy atom. The molecule has 0 bridgehead atoms. The Morgan fingerprint density at radius 3 is 2.48 bits per heavy atom. The molecule has 1 aliphatic carbocycles. The summed E-state index contributed by atoms with van der Waals surface area (Å²) >= 11 is 0. The zero-order chi connectivity index (χ0) is 20.1. The van der Waals surface area contributed by atoms with Crippen molar-refractivity contribution in [1.29, 1.82) is 0 Å². The maximum absolute atomic E-state index is 12.0. The normalized spacial score (nSPS) is 15.1. The number of carbonyl (C=O) groups is 2. The number of rotatable bonds is 4. The van der Waals surface area contributed by atoms with Gasteiger partial charge in [-0.25, -0.2) is 9.78 Å². The Morgan fingerprint density at radius 1 is 1.33 bits per heavy atom. The summed E-state index contributed by atoms with van der Waals surface area (Å²) in [5.41, 5.74) is 7.40. The van der Waals surface area contributed by atoms with Gasteiger partial charge in [-0.05, 0) is 31.4 Å². The lowest BCUT2D eigenvalue weighted by molar-refractivity contribution is -0.192. The Balaban J connectivity index is 0.000000321. The van der Waals surface area contributed by atoms with E-state index < -0.39 is 12.1 Å². The largest absolute Gasteiger partial charge is 0.490 e. The summed E-state index contributed by atoms with van der Waals surface area (Å²) in [7, 11) is 0. The Kier molecular flexibility index (Phi) is 6.21. The summed E-state index contributed by atoms with van der Waals surface area (Å²) in [6, 6.07) is 7.49. The molecule has 1 aromatic heterocycles. The molecule has 3 rings (SSSR count). The molecule has 0 radical (unpaired) electrons. The van der Waals surface area contributed by atoms with Crippen molar-refractivity contribution in [1.82, 2.24) is 4.98 Å². The van der Waals surface area contributed by atoms with E-state index in [1.165, 1.54) is 6.39 Å². The summed E-state index contributed by atoms with van der Waals surface area (Å²) in [6.45, 7) is 0. The highest BCUT2D eigenvalue weighted by Crippen LogP contribution is 2.32. The molecule has 0 atom stereocenters. The van der Waals surface area contributed by atoms with E-state index >= 15 is 0 Å². The number of anilines is 1. The van der Waals surface area contributed by atoms with Gasteiger partial charge in [0.2, 0.25) is 5.91 Å². The highest BCUT2D eigenvalue weighted by atomic mass is 19.4. The lowest BCUT2D eigenvalue weighted by Crippen LogP contribution is -2.48. The first-order valence-corrected chi connectivity index (χ1v) is 7.97. The van der Waals surface area contributed by atoms with Gasteiger partial charge in [-0.1, -0.05) is 12.1 Å². The number of hydrogen-bond donors (Lipinski definition) is 3. The molecular weight excluding hydrogens is 367 g/mol. The first kappa shape index (κ1) is 20.4. The number of carbonyl (C=O) groups excluding carboxylic acids is 1. The van der Waals surface area contributed by atoms with E-state index in [1.807, 2.05) is 24.3 Å². The molecule has 4 N–H and O–H groups in total. The van der Waals surface area contributed by atoms with Gasteiger partial charge in [-0.2, -0.15) is 13.2 Å². The van der Waals surface area contributed by atoms with Crippen molar-refractivity contribution < 1.29 is 32.3 Å². The zero-order valence-electron chi connectivity index (χ0n) is 14.1. The van der Waals surface area contributed by atoms with Crippen molar-refractivity contribution in [2.24, 2.45) is 5.73 Å². The third-order valence-corrected chi connectivity index (χ3v) is 3.97. The molecule has 7 nitrogen and oxygen atoms in total. The minimum atomic E-state index is -5.08. The average molecular weight is 385 g/mol. The third kappa shape index (κ3) is 6.10. The van der Waals surface area contributed by atoms with E-state index in [9.17, 15) is 18.0 Å². The number of hydrogen-bond acceptors (Lipinski definition) is 5.